The molecule has 0 saturated carbocycles. The second kappa shape index (κ2) is 5.79. The van der Waals surface area contributed by atoms with Gasteiger partial charge < -0.3 is 4.74 Å². The fourth-order valence-electron chi connectivity index (χ4n) is 0.826. The van der Waals surface area contributed by atoms with Gasteiger partial charge in [0.1, 0.15) is 0 Å². The van der Waals surface area contributed by atoms with Crippen LogP contribution in [0.5, 0.6) is 0 Å². The van der Waals surface area contributed by atoms with Crippen molar-refractivity contribution in [1.82, 2.24) is 0 Å². The van der Waals surface area contributed by atoms with Gasteiger partial charge in [0.25, 0.3) is 0 Å². The summed E-state index contributed by atoms with van der Waals surface area (Å²) in [6.45, 7) is 10.2. The summed E-state index contributed by atoms with van der Waals surface area (Å²) in [7, 11) is 0. The SMILES string of the molecule is C=CC(C)(C)CC(=O)OCCCC. The molecule has 0 spiro atoms. The van der Waals surface area contributed by atoms with Crippen molar-refractivity contribution in [2.45, 2.75) is 40.0 Å². The summed E-state index contributed by atoms with van der Waals surface area (Å²) in [5.41, 5.74) is -0.150. The van der Waals surface area contributed by atoms with Crippen LogP contribution in [0.2, 0.25) is 0 Å². The Labute approximate surface area is 81.0 Å². The quantitative estimate of drug-likeness (QED) is 0.360. The monoisotopic (exact) mass is 184 g/mol. The van der Waals surface area contributed by atoms with Crippen LogP contribution in [0, 0.1) is 5.41 Å². The molecule has 2 heteroatoms. The highest BCUT2D eigenvalue weighted by Crippen LogP contribution is 2.21. The molecule has 0 radical (unpaired) electrons. The first-order valence-electron chi connectivity index (χ1n) is 4.81. The Bertz CT molecular complexity index is 171. The summed E-state index contributed by atoms with van der Waals surface area (Å²) in [5.74, 6) is -0.127. The van der Waals surface area contributed by atoms with Gasteiger partial charge in [-0.3, -0.25) is 4.79 Å². The van der Waals surface area contributed by atoms with Gasteiger partial charge >= 0.3 is 5.97 Å². The molecular formula is C11H20O2. The van der Waals surface area contributed by atoms with Crippen molar-refractivity contribution in [2.75, 3.05) is 6.61 Å². The molecule has 76 valence electrons. The molecule has 0 aliphatic heterocycles. The second-order valence-corrected chi connectivity index (χ2v) is 3.94. The summed E-state index contributed by atoms with van der Waals surface area (Å²) >= 11 is 0. The first-order chi connectivity index (χ1) is 6.02. The third-order valence-corrected chi connectivity index (χ3v) is 1.91. The molecule has 0 aromatic rings. The standard InChI is InChI=1S/C11H20O2/c1-5-7-8-13-10(12)9-11(3,4)6-2/h6H,2,5,7-9H2,1,3-4H3. The minimum Gasteiger partial charge on any atom is -0.466 e. The number of carbonyl (C=O) groups is 1. The van der Waals surface area contributed by atoms with Crippen LogP contribution in [0.3, 0.4) is 0 Å². The van der Waals surface area contributed by atoms with E-state index in [0.717, 1.165) is 12.8 Å². The number of unbranched alkanes of at least 4 members (excludes halogenated alkanes) is 1. The van der Waals surface area contributed by atoms with Crippen molar-refractivity contribution in [2.24, 2.45) is 5.41 Å². The fraction of sp³-hybridized carbons (Fsp3) is 0.727. The average Bonchev–Trinajstić information content (AvgIpc) is 2.04. The minimum absolute atomic E-state index is 0.127. The van der Waals surface area contributed by atoms with E-state index in [1.807, 2.05) is 13.8 Å². The third-order valence-electron chi connectivity index (χ3n) is 1.91. The van der Waals surface area contributed by atoms with Crippen molar-refractivity contribution in [3.05, 3.63) is 12.7 Å². The number of hydrogen-bond donors (Lipinski definition) is 0. The predicted octanol–water partition coefficient (Wildman–Crippen LogP) is 2.93. The molecule has 0 fully saturated rings. The van der Waals surface area contributed by atoms with Crippen LogP contribution in [-0.2, 0) is 9.53 Å². The number of ether oxygens (including phenoxy) is 1. The normalized spacial score (nSPS) is 11.0. The molecule has 2 nitrogen and oxygen atoms in total. The summed E-state index contributed by atoms with van der Waals surface area (Å²) in [6, 6.07) is 0. The predicted molar refractivity (Wildman–Crippen MR) is 54.5 cm³/mol. The number of allylic oxidation sites excluding steroid dienone is 1. The molecule has 0 atom stereocenters. The molecule has 0 aliphatic carbocycles. The van der Waals surface area contributed by atoms with Crippen LogP contribution in [0.25, 0.3) is 0 Å². The van der Waals surface area contributed by atoms with E-state index in [9.17, 15) is 4.79 Å². The van der Waals surface area contributed by atoms with E-state index in [1.54, 1.807) is 6.08 Å². The zero-order chi connectivity index (χ0) is 10.3. The average molecular weight is 184 g/mol. The van der Waals surface area contributed by atoms with Gasteiger partial charge in [0.2, 0.25) is 0 Å². The Kier molecular flexibility index (Phi) is 5.44. The molecule has 13 heavy (non-hydrogen) atoms. The first kappa shape index (κ1) is 12.2. The molecule has 0 unspecified atom stereocenters. The molecule has 0 N–H and O–H groups in total. The van der Waals surface area contributed by atoms with Gasteiger partial charge in [-0.15, -0.1) is 6.58 Å². The highest BCUT2D eigenvalue weighted by molar-refractivity contribution is 5.70. The van der Waals surface area contributed by atoms with Gasteiger partial charge in [0.05, 0.1) is 13.0 Å². The Hall–Kier alpha value is -0.790. The minimum atomic E-state index is -0.150. The van der Waals surface area contributed by atoms with Crippen LogP contribution < -0.4 is 0 Å². The lowest BCUT2D eigenvalue weighted by Gasteiger charge is -2.17. The number of hydrogen-bond acceptors (Lipinski definition) is 2. The maximum Gasteiger partial charge on any atom is 0.306 e. The lowest BCUT2D eigenvalue weighted by atomic mass is 9.90. The van der Waals surface area contributed by atoms with Crippen LogP contribution in [0.15, 0.2) is 12.7 Å². The van der Waals surface area contributed by atoms with Gasteiger partial charge in [-0.1, -0.05) is 33.3 Å². The van der Waals surface area contributed by atoms with Crippen molar-refractivity contribution in [3.8, 4) is 0 Å². The van der Waals surface area contributed by atoms with Crippen molar-refractivity contribution in [1.29, 1.82) is 0 Å². The second-order valence-electron chi connectivity index (χ2n) is 3.94. The summed E-state index contributed by atoms with van der Waals surface area (Å²) in [4.78, 5) is 11.2. The Morgan fingerprint density at radius 3 is 2.62 bits per heavy atom. The molecule has 0 rings (SSSR count). The lowest BCUT2D eigenvalue weighted by molar-refractivity contribution is -0.145. The van der Waals surface area contributed by atoms with Crippen molar-refractivity contribution < 1.29 is 9.53 Å². The number of esters is 1. The van der Waals surface area contributed by atoms with Crippen LogP contribution in [0.1, 0.15) is 40.0 Å². The molecule has 0 amide bonds. The van der Waals surface area contributed by atoms with E-state index in [1.165, 1.54) is 0 Å². The third kappa shape index (κ3) is 6.38. The van der Waals surface area contributed by atoms with E-state index in [4.69, 9.17) is 4.74 Å². The summed E-state index contributed by atoms with van der Waals surface area (Å²) in [6.07, 6.45) is 4.20. The van der Waals surface area contributed by atoms with E-state index < -0.39 is 0 Å². The maximum atomic E-state index is 11.2. The van der Waals surface area contributed by atoms with Gasteiger partial charge in [-0.05, 0) is 11.8 Å². The zero-order valence-electron chi connectivity index (χ0n) is 8.93. The molecule has 0 aliphatic rings. The Morgan fingerprint density at radius 1 is 1.54 bits per heavy atom. The van der Waals surface area contributed by atoms with Gasteiger partial charge in [0, 0.05) is 0 Å². The smallest absolute Gasteiger partial charge is 0.306 e. The first-order valence-corrected chi connectivity index (χ1v) is 4.81. The molecule has 0 saturated heterocycles. The van der Waals surface area contributed by atoms with E-state index in [0.29, 0.717) is 13.0 Å². The van der Waals surface area contributed by atoms with Gasteiger partial charge in [0.15, 0.2) is 0 Å². The molecule has 0 aromatic heterocycles. The molecule has 0 bridgehead atoms. The Morgan fingerprint density at radius 2 is 2.15 bits per heavy atom. The molecule has 0 aromatic carbocycles. The van der Waals surface area contributed by atoms with E-state index in [-0.39, 0.29) is 11.4 Å². The topological polar surface area (TPSA) is 26.3 Å². The summed E-state index contributed by atoms with van der Waals surface area (Å²) < 4.78 is 5.03. The molecule has 0 heterocycles. The maximum absolute atomic E-state index is 11.2. The molecular weight excluding hydrogens is 164 g/mol. The fourth-order valence-corrected chi connectivity index (χ4v) is 0.826. The zero-order valence-corrected chi connectivity index (χ0v) is 8.93. The van der Waals surface area contributed by atoms with Crippen LogP contribution in [0.4, 0.5) is 0 Å². The van der Waals surface area contributed by atoms with Crippen LogP contribution in [-0.4, -0.2) is 12.6 Å². The van der Waals surface area contributed by atoms with Gasteiger partial charge in [-0.25, -0.2) is 0 Å². The highest BCUT2D eigenvalue weighted by Gasteiger charge is 2.18. The number of carbonyl (C=O) groups excluding carboxylic acids is 1. The highest BCUT2D eigenvalue weighted by atomic mass is 16.5. The van der Waals surface area contributed by atoms with Crippen LogP contribution >= 0.6 is 0 Å². The largest absolute Gasteiger partial charge is 0.466 e. The van der Waals surface area contributed by atoms with Gasteiger partial charge in [-0.2, -0.15) is 0 Å². The van der Waals surface area contributed by atoms with E-state index in [2.05, 4.69) is 13.5 Å². The van der Waals surface area contributed by atoms with Crippen molar-refractivity contribution >= 4 is 5.97 Å². The van der Waals surface area contributed by atoms with E-state index >= 15 is 0 Å². The number of rotatable bonds is 6. The Balaban J connectivity index is 3.68. The lowest BCUT2D eigenvalue weighted by Crippen LogP contribution is -2.16. The van der Waals surface area contributed by atoms with Crippen molar-refractivity contribution in [3.63, 3.8) is 0 Å². The summed E-state index contributed by atoms with van der Waals surface area (Å²) in [5, 5.41) is 0.